The lowest BCUT2D eigenvalue weighted by Gasteiger charge is -2.08. The van der Waals surface area contributed by atoms with Gasteiger partial charge >= 0.3 is 0 Å². The first-order chi connectivity index (χ1) is 8.34. The van der Waals surface area contributed by atoms with E-state index in [-0.39, 0.29) is 0 Å². The van der Waals surface area contributed by atoms with Crippen LogP contribution >= 0.6 is 0 Å². The van der Waals surface area contributed by atoms with Crippen LogP contribution in [0, 0.1) is 0 Å². The second-order valence-corrected chi connectivity index (χ2v) is 3.87. The first-order valence-electron chi connectivity index (χ1n) is 5.43. The van der Waals surface area contributed by atoms with Gasteiger partial charge in [0.25, 0.3) is 0 Å². The number of benzene rings is 1. The Morgan fingerprint density at radius 3 is 3.18 bits per heavy atom. The predicted molar refractivity (Wildman–Crippen MR) is 63.1 cm³/mol. The van der Waals surface area contributed by atoms with Gasteiger partial charge in [0.05, 0.1) is 0 Å². The number of fused-ring (bicyclic) bond motifs is 1. The summed E-state index contributed by atoms with van der Waals surface area (Å²) in [5.41, 5.74) is 1.07. The summed E-state index contributed by atoms with van der Waals surface area (Å²) in [6.45, 7) is 0.964. The lowest BCUT2D eigenvalue weighted by atomic mass is 10.2. The summed E-state index contributed by atoms with van der Waals surface area (Å²) < 4.78 is 12.7. The summed E-state index contributed by atoms with van der Waals surface area (Å²) in [6.07, 6.45) is 3.66. The van der Waals surface area contributed by atoms with Crippen LogP contribution in [0.3, 0.4) is 0 Å². The normalized spacial score (nSPS) is 12.8. The maximum atomic E-state index is 5.44. The van der Waals surface area contributed by atoms with Crippen LogP contribution in [-0.2, 0) is 13.6 Å². The van der Waals surface area contributed by atoms with Crippen molar-refractivity contribution in [2.45, 2.75) is 6.54 Å². The summed E-state index contributed by atoms with van der Waals surface area (Å²) in [5.74, 6) is 2.47. The highest BCUT2D eigenvalue weighted by molar-refractivity contribution is 5.49. The maximum absolute atomic E-state index is 5.44. The molecule has 0 spiro atoms. The molecule has 5 nitrogen and oxygen atoms in total. The first-order valence-corrected chi connectivity index (χ1v) is 5.43. The molecule has 0 amide bonds. The minimum absolute atomic E-state index is 0.300. The zero-order valence-electron chi connectivity index (χ0n) is 9.51. The van der Waals surface area contributed by atoms with Crippen molar-refractivity contribution in [2.24, 2.45) is 7.05 Å². The highest BCUT2D eigenvalue weighted by Crippen LogP contribution is 2.35. The number of anilines is 1. The van der Waals surface area contributed by atoms with Gasteiger partial charge in [-0.25, -0.2) is 4.98 Å². The van der Waals surface area contributed by atoms with E-state index in [2.05, 4.69) is 10.3 Å². The molecule has 1 N–H and O–H groups in total. The largest absolute Gasteiger partial charge is 0.454 e. The van der Waals surface area contributed by atoms with Gasteiger partial charge in [0.1, 0.15) is 0 Å². The molecule has 0 fully saturated rings. The van der Waals surface area contributed by atoms with Crippen molar-refractivity contribution in [1.29, 1.82) is 0 Å². The van der Waals surface area contributed by atoms with Crippen LogP contribution in [0.1, 0.15) is 5.56 Å². The molecule has 2 aromatic rings. The summed E-state index contributed by atoms with van der Waals surface area (Å²) in [4.78, 5) is 4.20. The standard InChI is InChI=1S/C12H13N3O2/c1-15-6-5-13-12(15)14-7-9-3-2-4-10-11(9)17-8-16-10/h2-6H,7-8H2,1H3,(H,13,14). The van der Waals surface area contributed by atoms with Crippen molar-refractivity contribution < 1.29 is 9.47 Å². The van der Waals surface area contributed by atoms with Crippen LogP contribution in [0.5, 0.6) is 11.5 Å². The monoisotopic (exact) mass is 231 g/mol. The Hall–Kier alpha value is -2.17. The SMILES string of the molecule is Cn1ccnc1NCc1cccc2c1OCO2. The fraction of sp³-hybridized carbons (Fsp3) is 0.250. The van der Waals surface area contributed by atoms with E-state index in [1.165, 1.54) is 0 Å². The molecule has 0 atom stereocenters. The van der Waals surface area contributed by atoms with Crippen molar-refractivity contribution in [1.82, 2.24) is 9.55 Å². The number of rotatable bonds is 3. The Labute approximate surface area is 99.0 Å². The summed E-state index contributed by atoms with van der Waals surface area (Å²) in [5, 5.41) is 3.26. The molecule has 2 heterocycles. The average Bonchev–Trinajstić information content (AvgIpc) is 2.95. The topological polar surface area (TPSA) is 48.3 Å². The highest BCUT2D eigenvalue weighted by Gasteiger charge is 2.16. The van der Waals surface area contributed by atoms with Crippen LogP contribution in [-0.4, -0.2) is 16.3 Å². The van der Waals surface area contributed by atoms with E-state index in [0.717, 1.165) is 23.0 Å². The molecule has 5 heteroatoms. The minimum Gasteiger partial charge on any atom is -0.454 e. The molecule has 0 bridgehead atoms. The number of para-hydroxylation sites is 1. The van der Waals surface area contributed by atoms with E-state index in [1.807, 2.05) is 36.0 Å². The van der Waals surface area contributed by atoms with Gasteiger partial charge in [-0.1, -0.05) is 12.1 Å². The number of imidazole rings is 1. The molecule has 1 aromatic carbocycles. The third-order valence-corrected chi connectivity index (χ3v) is 2.74. The molecular formula is C12H13N3O2. The molecular weight excluding hydrogens is 218 g/mol. The van der Waals surface area contributed by atoms with Crippen LogP contribution < -0.4 is 14.8 Å². The van der Waals surface area contributed by atoms with Gasteiger partial charge in [0.2, 0.25) is 12.7 Å². The Kier molecular flexibility index (Phi) is 2.36. The van der Waals surface area contributed by atoms with E-state index < -0.39 is 0 Å². The lowest BCUT2D eigenvalue weighted by molar-refractivity contribution is 0.173. The van der Waals surface area contributed by atoms with Crippen molar-refractivity contribution in [3.05, 3.63) is 36.2 Å². The molecule has 0 saturated carbocycles. The van der Waals surface area contributed by atoms with Crippen molar-refractivity contribution in [2.75, 3.05) is 12.1 Å². The van der Waals surface area contributed by atoms with E-state index in [4.69, 9.17) is 9.47 Å². The first kappa shape index (κ1) is 10.0. The number of hydrogen-bond acceptors (Lipinski definition) is 4. The number of aryl methyl sites for hydroxylation is 1. The van der Waals surface area contributed by atoms with E-state index in [1.54, 1.807) is 6.20 Å². The van der Waals surface area contributed by atoms with Crippen LogP contribution in [0.4, 0.5) is 5.95 Å². The van der Waals surface area contributed by atoms with Gasteiger partial charge in [-0.3, -0.25) is 0 Å². The fourth-order valence-corrected chi connectivity index (χ4v) is 1.84. The van der Waals surface area contributed by atoms with Crippen LogP contribution in [0.25, 0.3) is 0 Å². The third kappa shape index (κ3) is 1.80. The average molecular weight is 231 g/mol. The van der Waals surface area contributed by atoms with Crippen LogP contribution in [0.2, 0.25) is 0 Å². The fourth-order valence-electron chi connectivity index (χ4n) is 1.84. The zero-order chi connectivity index (χ0) is 11.7. The zero-order valence-corrected chi connectivity index (χ0v) is 9.51. The second kappa shape index (κ2) is 4.01. The van der Waals surface area contributed by atoms with Gasteiger partial charge in [-0.05, 0) is 6.07 Å². The van der Waals surface area contributed by atoms with Gasteiger partial charge < -0.3 is 19.4 Å². The third-order valence-electron chi connectivity index (χ3n) is 2.74. The van der Waals surface area contributed by atoms with Gasteiger partial charge in [-0.2, -0.15) is 0 Å². The van der Waals surface area contributed by atoms with Gasteiger partial charge in [0, 0.05) is 31.5 Å². The second-order valence-electron chi connectivity index (χ2n) is 3.87. The molecule has 0 aliphatic carbocycles. The molecule has 17 heavy (non-hydrogen) atoms. The van der Waals surface area contributed by atoms with E-state index in [9.17, 15) is 0 Å². The molecule has 0 radical (unpaired) electrons. The molecule has 1 aliphatic rings. The maximum Gasteiger partial charge on any atom is 0.231 e. The van der Waals surface area contributed by atoms with Gasteiger partial charge in [0.15, 0.2) is 11.5 Å². The Morgan fingerprint density at radius 2 is 2.35 bits per heavy atom. The summed E-state index contributed by atoms with van der Waals surface area (Å²) in [6, 6.07) is 5.89. The molecule has 1 aliphatic heterocycles. The van der Waals surface area contributed by atoms with Crippen molar-refractivity contribution >= 4 is 5.95 Å². The number of aromatic nitrogens is 2. The number of hydrogen-bond donors (Lipinski definition) is 1. The smallest absolute Gasteiger partial charge is 0.231 e. The molecule has 0 saturated heterocycles. The Balaban J connectivity index is 1.78. The van der Waals surface area contributed by atoms with Crippen molar-refractivity contribution in [3.63, 3.8) is 0 Å². The molecule has 1 aromatic heterocycles. The summed E-state index contributed by atoms with van der Waals surface area (Å²) in [7, 11) is 1.95. The van der Waals surface area contributed by atoms with E-state index in [0.29, 0.717) is 13.3 Å². The van der Waals surface area contributed by atoms with Crippen LogP contribution in [0.15, 0.2) is 30.6 Å². The quantitative estimate of drug-likeness (QED) is 0.874. The van der Waals surface area contributed by atoms with Gasteiger partial charge in [-0.15, -0.1) is 0 Å². The number of nitrogens with one attached hydrogen (secondary N) is 1. The Bertz CT molecular complexity index is 536. The molecule has 88 valence electrons. The Morgan fingerprint density at radius 1 is 1.41 bits per heavy atom. The summed E-state index contributed by atoms with van der Waals surface area (Å²) >= 11 is 0. The minimum atomic E-state index is 0.300. The van der Waals surface area contributed by atoms with Crippen molar-refractivity contribution in [3.8, 4) is 11.5 Å². The lowest BCUT2D eigenvalue weighted by Crippen LogP contribution is -2.05. The molecule has 3 rings (SSSR count). The molecule has 0 unspecified atom stereocenters. The highest BCUT2D eigenvalue weighted by atomic mass is 16.7. The number of nitrogens with zero attached hydrogens (tertiary/aromatic N) is 2. The predicted octanol–water partition coefficient (Wildman–Crippen LogP) is 1.76. The number of ether oxygens (including phenoxy) is 2. The van der Waals surface area contributed by atoms with E-state index >= 15 is 0 Å².